The number of nitrogens with two attached hydrogens (primary N) is 2. The molecule has 1 aliphatic heterocycles. The van der Waals surface area contributed by atoms with Crippen molar-refractivity contribution in [1.82, 2.24) is 4.90 Å². The van der Waals surface area contributed by atoms with Crippen LogP contribution in [0.4, 0.5) is 0 Å². The molecule has 2 rings (SSSR count). The van der Waals surface area contributed by atoms with Crippen LogP contribution in [0.15, 0.2) is 24.3 Å². The van der Waals surface area contributed by atoms with Crippen LogP contribution in [-0.4, -0.2) is 42.5 Å². The molecule has 1 fully saturated rings. The third kappa shape index (κ3) is 3.72. The number of hydrogen-bond donors (Lipinski definition) is 2. The molecule has 1 aromatic carbocycles. The molecule has 2 amide bonds. The van der Waals surface area contributed by atoms with E-state index in [9.17, 15) is 9.59 Å². The SMILES string of the molecule is CC1CC(CN)CN1C(=O)COc1cccc(C(N)=O)c1. The van der Waals surface area contributed by atoms with Gasteiger partial charge in [-0.3, -0.25) is 9.59 Å². The van der Waals surface area contributed by atoms with Crippen LogP contribution in [-0.2, 0) is 4.79 Å². The van der Waals surface area contributed by atoms with Crippen LogP contribution in [0, 0.1) is 5.92 Å². The van der Waals surface area contributed by atoms with Gasteiger partial charge in [0, 0.05) is 18.2 Å². The first-order chi connectivity index (χ1) is 10.0. The molecule has 2 atom stereocenters. The number of nitrogens with zero attached hydrogens (tertiary/aromatic N) is 1. The summed E-state index contributed by atoms with van der Waals surface area (Å²) in [7, 11) is 0. The summed E-state index contributed by atoms with van der Waals surface area (Å²) in [6.45, 7) is 3.24. The van der Waals surface area contributed by atoms with E-state index in [0.29, 0.717) is 30.3 Å². The van der Waals surface area contributed by atoms with Gasteiger partial charge in [-0.15, -0.1) is 0 Å². The zero-order chi connectivity index (χ0) is 15.4. The van der Waals surface area contributed by atoms with Gasteiger partial charge < -0.3 is 21.1 Å². The fourth-order valence-electron chi connectivity index (χ4n) is 2.63. The molecule has 0 saturated carbocycles. The fourth-order valence-corrected chi connectivity index (χ4v) is 2.63. The molecule has 1 saturated heterocycles. The Hall–Kier alpha value is -2.08. The van der Waals surface area contributed by atoms with Crippen LogP contribution < -0.4 is 16.2 Å². The summed E-state index contributed by atoms with van der Waals surface area (Å²) < 4.78 is 5.46. The minimum atomic E-state index is -0.522. The van der Waals surface area contributed by atoms with E-state index in [2.05, 4.69) is 0 Å². The Bertz CT molecular complexity index is 533. The highest BCUT2D eigenvalue weighted by Gasteiger charge is 2.31. The lowest BCUT2D eigenvalue weighted by Gasteiger charge is -2.21. The normalized spacial score (nSPS) is 21.3. The smallest absolute Gasteiger partial charge is 0.260 e. The maximum absolute atomic E-state index is 12.2. The topological polar surface area (TPSA) is 98.7 Å². The second kappa shape index (κ2) is 6.58. The molecule has 0 radical (unpaired) electrons. The van der Waals surface area contributed by atoms with E-state index in [1.165, 1.54) is 6.07 Å². The van der Waals surface area contributed by atoms with Crippen molar-refractivity contribution in [2.45, 2.75) is 19.4 Å². The number of benzene rings is 1. The molecule has 0 aromatic heterocycles. The zero-order valence-corrected chi connectivity index (χ0v) is 12.1. The number of rotatable bonds is 5. The zero-order valence-electron chi connectivity index (χ0n) is 12.1. The highest BCUT2D eigenvalue weighted by molar-refractivity contribution is 5.93. The van der Waals surface area contributed by atoms with Crippen LogP contribution in [0.3, 0.4) is 0 Å². The molecule has 6 nitrogen and oxygen atoms in total. The minimum absolute atomic E-state index is 0.0517. The van der Waals surface area contributed by atoms with Gasteiger partial charge in [0.2, 0.25) is 5.91 Å². The average Bonchev–Trinajstić information content (AvgIpc) is 2.86. The Morgan fingerprint density at radius 3 is 2.81 bits per heavy atom. The summed E-state index contributed by atoms with van der Waals surface area (Å²) in [5.74, 6) is 0.234. The minimum Gasteiger partial charge on any atom is -0.484 e. The molecule has 2 unspecified atom stereocenters. The molecule has 21 heavy (non-hydrogen) atoms. The Kier molecular flexibility index (Phi) is 4.80. The molecule has 1 heterocycles. The van der Waals surface area contributed by atoms with E-state index >= 15 is 0 Å². The lowest BCUT2D eigenvalue weighted by atomic mass is 10.1. The molecule has 6 heteroatoms. The van der Waals surface area contributed by atoms with Gasteiger partial charge in [-0.1, -0.05) is 6.07 Å². The summed E-state index contributed by atoms with van der Waals surface area (Å²) in [4.78, 5) is 25.1. The number of hydrogen-bond acceptors (Lipinski definition) is 4. The van der Waals surface area contributed by atoms with Crippen molar-refractivity contribution in [3.8, 4) is 5.75 Å². The van der Waals surface area contributed by atoms with E-state index < -0.39 is 5.91 Å². The van der Waals surface area contributed by atoms with Crippen LogP contribution >= 0.6 is 0 Å². The van der Waals surface area contributed by atoms with Gasteiger partial charge in [-0.05, 0) is 44.0 Å². The van der Waals surface area contributed by atoms with Crippen LogP contribution in [0.2, 0.25) is 0 Å². The average molecular weight is 291 g/mol. The summed E-state index contributed by atoms with van der Waals surface area (Å²) in [6.07, 6.45) is 0.930. The molecule has 4 N–H and O–H groups in total. The van der Waals surface area contributed by atoms with Gasteiger partial charge in [-0.2, -0.15) is 0 Å². The number of carbonyl (C=O) groups is 2. The van der Waals surface area contributed by atoms with Gasteiger partial charge in [0.15, 0.2) is 6.61 Å². The highest BCUT2D eigenvalue weighted by atomic mass is 16.5. The van der Waals surface area contributed by atoms with E-state index in [1.54, 1.807) is 23.1 Å². The lowest BCUT2D eigenvalue weighted by molar-refractivity contribution is -0.134. The third-order valence-corrected chi connectivity index (χ3v) is 3.80. The monoisotopic (exact) mass is 291 g/mol. The quantitative estimate of drug-likeness (QED) is 0.818. The van der Waals surface area contributed by atoms with Gasteiger partial charge in [0.1, 0.15) is 5.75 Å². The molecule has 114 valence electrons. The van der Waals surface area contributed by atoms with Gasteiger partial charge >= 0.3 is 0 Å². The van der Waals surface area contributed by atoms with Crippen molar-refractivity contribution >= 4 is 11.8 Å². The number of amides is 2. The number of primary amides is 1. The van der Waals surface area contributed by atoms with Crippen molar-refractivity contribution in [2.24, 2.45) is 17.4 Å². The van der Waals surface area contributed by atoms with Gasteiger partial charge in [-0.25, -0.2) is 0 Å². The molecular formula is C15H21N3O3. The van der Waals surface area contributed by atoms with Crippen molar-refractivity contribution in [3.63, 3.8) is 0 Å². The van der Waals surface area contributed by atoms with Crippen molar-refractivity contribution < 1.29 is 14.3 Å². The Labute approximate surface area is 124 Å². The number of likely N-dealkylation sites (tertiary alicyclic amines) is 1. The lowest BCUT2D eigenvalue weighted by Crippen LogP contribution is -2.37. The summed E-state index contributed by atoms with van der Waals surface area (Å²) in [6, 6.07) is 6.68. The first-order valence-corrected chi connectivity index (χ1v) is 7.03. The molecule has 1 aliphatic rings. The summed E-state index contributed by atoms with van der Waals surface area (Å²) >= 11 is 0. The van der Waals surface area contributed by atoms with Crippen LogP contribution in [0.1, 0.15) is 23.7 Å². The number of carbonyl (C=O) groups excluding carboxylic acids is 2. The van der Waals surface area contributed by atoms with E-state index in [1.807, 2.05) is 6.92 Å². The second-order valence-electron chi connectivity index (χ2n) is 5.41. The van der Waals surface area contributed by atoms with E-state index in [0.717, 1.165) is 6.42 Å². The Balaban J connectivity index is 1.92. The predicted molar refractivity (Wildman–Crippen MR) is 78.8 cm³/mol. The van der Waals surface area contributed by atoms with Gasteiger partial charge in [0.25, 0.3) is 5.91 Å². The molecule has 0 aliphatic carbocycles. The standard InChI is InChI=1S/C15H21N3O3/c1-10-5-11(7-16)8-18(10)14(19)9-21-13-4-2-3-12(6-13)15(17)20/h2-4,6,10-11H,5,7-9,16H2,1H3,(H2,17,20). The first-order valence-electron chi connectivity index (χ1n) is 7.03. The van der Waals surface area contributed by atoms with Crippen molar-refractivity contribution in [2.75, 3.05) is 19.7 Å². The fraction of sp³-hybridized carbons (Fsp3) is 0.467. The van der Waals surface area contributed by atoms with Crippen molar-refractivity contribution in [3.05, 3.63) is 29.8 Å². The second-order valence-corrected chi connectivity index (χ2v) is 5.41. The molecule has 0 bridgehead atoms. The number of ether oxygens (including phenoxy) is 1. The third-order valence-electron chi connectivity index (χ3n) is 3.80. The molecule has 0 spiro atoms. The van der Waals surface area contributed by atoms with E-state index in [4.69, 9.17) is 16.2 Å². The Morgan fingerprint density at radius 1 is 1.43 bits per heavy atom. The van der Waals surface area contributed by atoms with Gasteiger partial charge in [0.05, 0.1) is 0 Å². The van der Waals surface area contributed by atoms with E-state index in [-0.39, 0.29) is 18.6 Å². The first kappa shape index (κ1) is 15.3. The largest absolute Gasteiger partial charge is 0.484 e. The Morgan fingerprint density at radius 2 is 2.19 bits per heavy atom. The summed E-state index contributed by atoms with van der Waals surface area (Å²) in [5, 5.41) is 0. The molecular weight excluding hydrogens is 270 g/mol. The maximum Gasteiger partial charge on any atom is 0.260 e. The maximum atomic E-state index is 12.2. The highest BCUT2D eigenvalue weighted by Crippen LogP contribution is 2.22. The van der Waals surface area contributed by atoms with Crippen LogP contribution in [0.5, 0.6) is 5.75 Å². The summed E-state index contributed by atoms with van der Waals surface area (Å²) in [5.41, 5.74) is 11.2. The molecule has 1 aromatic rings. The predicted octanol–water partition coefficient (Wildman–Crippen LogP) is 0.360. The van der Waals surface area contributed by atoms with Crippen molar-refractivity contribution in [1.29, 1.82) is 0 Å². The van der Waals surface area contributed by atoms with Crippen LogP contribution in [0.25, 0.3) is 0 Å².